The third-order valence-corrected chi connectivity index (χ3v) is 6.09. The molecular formula is C19H22N2O4. The Bertz CT molecular complexity index is 780. The average molecular weight is 342 g/mol. The number of imide groups is 1. The summed E-state index contributed by atoms with van der Waals surface area (Å²) in [6, 6.07) is 3.35. The van der Waals surface area contributed by atoms with Gasteiger partial charge >= 0.3 is 6.03 Å². The molecule has 0 aromatic heterocycles. The fraction of sp³-hybridized carbons (Fsp3) is 0.579. The standard InChI is InChI=1S/C19H22N2O4/c1-10-3-4-14(15-16(10)24-9-19(15)5-6-19)25-13-7-12(8-13)21-17(22)11(2)20-18(21)23/h3-4,11-13H,5-9H2,1-2H3,(H,20,23)/t11-,12-,13-/m1/s1. The van der Waals surface area contributed by atoms with Crippen molar-refractivity contribution in [1.82, 2.24) is 10.2 Å². The molecule has 132 valence electrons. The fourth-order valence-electron chi connectivity index (χ4n) is 4.28. The molecule has 0 radical (unpaired) electrons. The molecule has 1 aromatic rings. The van der Waals surface area contributed by atoms with Gasteiger partial charge in [0, 0.05) is 29.9 Å². The van der Waals surface area contributed by atoms with E-state index in [9.17, 15) is 9.59 Å². The first-order chi connectivity index (χ1) is 12.0. The van der Waals surface area contributed by atoms with Gasteiger partial charge in [0.2, 0.25) is 0 Å². The Hall–Kier alpha value is -2.24. The number of benzene rings is 1. The maximum atomic E-state index is 12.1. The summed E-state index contributed by atoms with van der Waals surface area (Å²) in [7, 11) is 0. The van der Waals surface area contributed by atoms with E-state index < -0.39 is 6.04 Å². The van der Waals surface area contributed by atoms with Crippen LogP contribution < -0.4 is 14.8 Å². The number of aryl methyl sites for hydroxylation is 1. The highest BCUT2D eigenvalue weighted by molar-refractivity contribution is 6.04. The molecule has 3 amide bonds. The number of hydrogen-bond acceptors (Lipinski definition) is 4. The first-order valence-electron chi connectivity index (χ1n) is 9.06. The minimum Gasteiger partial charge on any atom is -0.492 e. The second-order valence-electron chi connectivity index (χ2n) is 7.90. The average Bonchev–Trinajstić information content (AvgIpc) is 3.14. The van der Waals surface area contributed by atoms with Crippen molar-refractivity contribution < 1.29 is 19.1 Å². The second kappa shape index (κ2) is 4.90. The molecule has 2 saturated carbocycles. The Balaban J connectivity index is 1.31. The predicted octanol–water partition coefficient (Wildman–Crippen LogP) is 2.27. The van der Waals surface area contributed by atoms with E-state index >= 15 is 0 Å². The van der Waals surface area contributed by atoms with Crippen molar-refractivity contribution in [3.63, 3.8) is 0 Å². The van der Waals surface area contributed by atoms with Crippen LogP contribution in [0.4, 0.5) is 4.79 Å². The lowest BCUT2D eigenvalue weighted by atomic mass is 9.87. The summed E-state index contributed by atoms with van der Waals surface area (Å²) < 4.78 is 12.2. The number of amides is 3. The van der Waals surface area contributed by atoms with Gasteiger partial charge in [0.05, 0.1) is 6.61 Å². The first-order valence-corrected chi connectivity index (χ1v) is 9.06. The number of carbonyl (C=O) groups excluding carboxylic acids is 2. The largest absolute Gasteiger partial charge is 0.492 e. The zero-order chi connectivity index (χ0) is 17.3. The minimum absolute atomic E-state index is 0.0460. The molecule has 25 heavy (non-hydrogen) atoms. The molecule has 3 fully saturated rings. The molecule has 1 aromatic carbocycles. The highest BCUT2D eigenvalue weighted by Crippen LogP contribution is 2.59. The summed E-state index contributed by atoms with van der Waals surface area (Å²) in [4.78, 5) is 25.4. The zero-order valence-electron chi connectivity index (χ0n) is 14.5. The van der Waals surface area contributed by atoms with E-state index in [-0.39, 0.29) is 29.5 Å². The lowest BCUT2D eigenvalue weighted by Gasteiger charge is -2.39. The number of hydrogen-bond donors (Lipinski definition) is 1. The van der Waals surface area contributed by atoms with Crippen molar-refractivity contribution in [3.8, 4) is 11.5 Å². The normalized spacial score (nSPS) is 31.4. The maximum absolute atomic E-state index is 12.1. The van der Waals surface area contributed by atoms with E-state index in [0.29, 0.717) is 12.8 Å². The van der Waals surface area contributed by atoms with E-state index in [2.05, 4.69) is 12.2 Å². The van der Waals surface area contributed by atoms with Crippen molar-refractivity contribution in [2.75, 3.05) is 6.61 Å². The molecule has 4 aliphatic rings. The first kappa shape index (κ1) is 15.0. The van der Waals surface area contributed by atoms with Crippen LogP contribution in [0.2, 0.25) is 0 Å². The Morgan fingerprint density at radius 1 is 1.28 bits per heavy atom. The van der Waals surface area contributed by atoms with Gasteiger partial charge in [-0.05, 0) is 38.3 Å². The van der Waals surface area contributed by atoms with E-state index in [1.54, 1.807) is 6.92 Å². The Labute approximate surface area is 146 Å². The summed E-state index contributed by atoms with van der Waals surface area (Å²) in [6.45, 7) is 4.55. The van der Waals surface area contributed by atoms with Crippen LogP contribution in [0.3, 0.4) is 0 Å². The molecule has 0 unspecified atom stereocenters. The van der Waals surface area contributed by atoms with Gasteiger partial charge < -0.3 is 14.8 Å². The van der Waals surface area contributed by atoms with E-state index in [1.165, 1.54) is 10.5 Å². The van der Waals surface area contributed by atoms with Crippen LogP contribution in [0.1, 0.15) is 43.7 Å². The molecule has 1 saturated heterocycles. The lowest BCUT2D eigenvalue weighted by molar-refractivity contribution is -0.131. The number of carbonyl (C=O) groups is 2. The third kappa shape index (κ3) is 2.09. The molecule has 2 aliphatic heterocycles. The van der Waals surface area contributed by atoms with Crippen LogP contribution in [0.25, 0.3) is 0 Å². The number of urea groups is 1. The summed E-state index contributed by atoms with van der Waals surface area (Å²) in [5, 5.41) is 2.67. The number of nitrogens with one attached hydrogen (secondary N) is 1. The van der Waals surface area contributed by atoms with Gasteiger partial charge in [-0.2, -0.15) is 0 Å². The van der Waals surface area contributed by atoms with Crippen molar-refractivity contribution in [1.29, 1.82) is 0 Å². The van der Waals surface area contributed by atoms with Gasteiger partial charge in [0.1, 0.15) is 23.6 Å². The number of rotatable bonds is 3. The van der Waals surface area contributed by atoms with Crippen LogP contribution in [-0.4, -0.2) is 41.6 Å². The molecule has 5 rings (SSSR count). The predicted molar refractivity (Wildman–Crippen MR) is 89.9 cm³/mol. The summed E-state index contributed by atoms with van der Waals surface area (Å²) in [5.41, 5.74) is 2.56. The zero-order valence-corrected chi connectivity index (χ0v) is 14.5. The summed E-state index contributed by atoms with van der Waals surface area (Å²) >= 11 is 0. The Morgan fingerprint density at radius 3 is 2.68 bits per heavy atom. The Kier molecular flexibility index (Phi) is 2.95. The van der Waals surface area contributed by atoms with Gasteiger partial charge in [-0.15, -0.1) is 0 Å². The fourth-order valence-corrected chi connectivity index (χ4v) is 4.28. The van der Waals surface area contributed by atoms with Crippen molar-refractivity contribution in [2.24, 2.45) is 0 Å². The molecular weight excluding hydrogens is 320 g/mol. The smallest absolute Gasteiger partial charge is 0.325 e. The molecule has 1 N–H and O–H groups in total. The van der Waals surface area contributed by atoms with Crippen molar-refractivity contribution in [2.45, 2.75) is 63.1 Å². The SMILES string of the molecule is Cc1ccc(O[C@H]2C[C@H](N3C(=O)N[C@H](C)C3=O)C2)c2c1OCC21CC1. The van der Waals surface area contributed by atoms with Gasteiger partial charge in [-0.25, -0.2) is 4.79 Å². The van der Waals surface area contributed by atoms with Gasteiger partial charge in [0.15, 0.2) is 0 Å². The molecule has 6 nitrogen and oxygen atoms in total. The quantitative estimate of drug-likeness (QED) is 0.856. The van der Waals surface area contributed by atoms with E-state index in [0.717, 1.165) is 36.5 Å². The highest BCUT2D eigenvalue weighted by Gasteiger charge is 2.53. The van der Waals surface area contributed by atoms with Crippen LogP contribution in [0.5, 0.6) is 11.5 Å². The topological polar surface area (TPSA) is 67.9 Å². The van der Waals surface area contributed by atoms with Crippen LogP contribution in [0, 0.1) is 6.92 Å². The van der Waals surface area contributed by atoms with Crippen molar-refractivity contribution >= 4 is 11.9 Å². The Morgan fingerprint density at radius 2 is 2.04 bits per heavy atom. The van der Waals surface area contributed by atoms with Crippen LogP contribution in [-0.2, 0) is 10.2 Å². The van der Waals surface area contributed by atoms with Gasteiger partial charge in [-0.3, -0.25) is 9.69 Å². The van der Waals surface area contributed by atoms with Crippen LogP contribution in [0.15, 0.2) is 12.1 Å². The van der Waals surface area contributed by atoms with E-state index in [1.807, 2.05) is 12.1 Å². The summed E-state index contributed by atoms with van der Waals surface area (Å²) in [6.07, 6.45) is 3.76. The number of ether oxygens (including phenoxy) is 2. The molecule has 2 heterocycles. The van der Waals surface area contributed by atoms with Crippen LogP contribution >= 0.6 is 0 Å². The number of nitrogens with zero attached hydrogens (tertiary/aromatic N) is 1. The van der Waals surface area contributed by atoms with Gasteiger partial charge in [-0.1, -0.05) is 6.07 Å². The minimum atomic E-state index is -0.417. The van der Waals surface area contributed by atoms with Crippen molar-refractivity contribution in [3.05, 3.63) is 23.3 Å². The maximum Gasteiger partial charge on any atom is 0.325 e. The second-order valence-corrected chi connectivity index (χ2v) is 7.90. The van der Waals surface area contributed by atoms with Gasteiger partial charge in [0.25, 0.3) is 5.91 Å². The number of fused-ring (bicyclic) bond motifs is 2. The third-order valence-electron chi connectivity index (χ3n) is 6.09. The summed E-state index contributed by atoms with van der Waals surface area (Å²) in [5.74, 6) is 1.79. The lowest BCUT2D eigenvalue weighted by Crippen LogP contribution is -2.52. The molecule has 2 aliphatic carbocycles. The molecule has 0 bridgehead atoms. The molecule has 1 atom stereocenters. The highest BCUT2D eigenvalue weighted by atomic mass is 16.5. The molecule has 6 heteroatoms. The van der Waals surface area contributed by atoms with E-state index in [4.69, 9.17) is 9.47 Å². The molecule has 1 spiro atoms. The monoisotopic (exact) mass is 342 g/mol.